The number of carbonyl (C=O) groups is 2. The molecule has 1 N–H and O–H groups in total. The summed E-state index contributed by atoms with van der Waals surface area (Å²) in [5.74, 6) is 1.10. The summed E-state index contributed by atoms with van der Waals surface area (Å²) in [7, 11) is 0. The first-order valence-electron chi connectivity index (χ1n) is 10.0. The summed E-state index contributed by atoms with van der Waals surface area (Å²) in [4.78, 5) is 32.9. The highest BCUT2D eigenvalue weighted by molar-refractivity contribution is 5.90. The number of carbonyl (C=O) groups excluding carboxylic acids is 2. The van der Waals surface area contributed by atoms with Crippen molar-refractivity contribution in [2.45, 2.75) is 53.0 Å². The number of benzene rings is 1. The van der Waals surface area contributed by atoms with Crippen LogP contribution < -0.4 is 5.32 Å². The summed E-state index contributed by atoms with van der Waals surface area (Å²) in [6.45, 7) is 8.99. The fraction of sp³-hybridized carbons (Fsp3) is 0.524. The van der Waals surface area contributed by atoms with Gasteiger partial charge in [-0.2, -0.15) is 4.98 Å². The van der Waals surface area contributed by atoms with Gasteiger partial charge in [0.25, 0.3) is 0 Å². The Hall–Kier alpha value is -2.90. The molecule has 1 aromatic heterocycles. The molecule has 0 bridgehead atoms. The summed E-state index contributed by atoms with van der Waals surface area (Å²) in [5, 5.41) is 6.92. The van der Waals surface area contributed by atoms with E-state index in [0.29, 0.717) is 37.8 Å². The summed E-state index contributed by atoms with van der Waals surface area (Å²) < 4.78 is 5.00. The number of aromatic nitrogens is 2. The molecule has 0 aliphatic carbocycles. The zero-order valence-electron chi connectivity index (χ0n) is 17.6. The van der Waals surface area contributed by atoms with Gasteiger partial charge in [-0.1, -0.05) is 17.3 Å². The molecule has 0 radical (unpaired) electrons. The normalized spacial score (nSPS) is 16.6. The minimum Gasteiger partial charge on any atom is -0.340 e. The first kappa shape index (κ1) is 20.8. The van der Waals surface area contributed by atoms with Gasteiger partial charge in [-0.25, -0.2) is 4.79 Å². The maximum atomic E-state index is 12.8. The monoisotopic (exact) mass is 399 g/mol. The lowest BCUT2D eigenvalue weighted by atomic mass is 10.0. The summed E-state index contributed by atoms with van der Waals surface area (Å²) >= 11 is 0. The molecule has 8 nitrogen and oxygen atoms in total. The van der Waals surface area contributed by atoms with Gasteiger partial charge in [-0.3, -0.25) is 4.79 Å². The Bertz CT molecular complexity index is 879. The molecular formula is C21H29N5O3. The molecule has 3 rings (SSSR count). The van der Waals surface area contributed by atoms with Crippen molar-refractivity contribution in [3.63, 3.8) is 0 Å². The van der Waals surface area contributed by atoms with E-state index in [1.54, 1.807) is 18.7 Å². The minimum atomic E-state index is -0.124. The highest BCUT2D eigenvalue weighted by Crippen LogP contribution is 2.20. The Labute approximate surface area is 171 Å². The maximum absolute atomic E-state index is 12.8. The van der Waals surface area contributed by atoms with Gasteiger partial charge in [-0.15, -0.1) is 0 Å². The number of urea groups is 1. The van der Waals surface area contributed by atoms with Gasteiger partial charge in [0, 0.05) is 51.6 Å². The SMILES string of the molecule is CC(=O)N(CCc1noc(C)n1)C1CCCN(C(=O)Nc2cc(C)ccc2C)C1. The number of piperidine rings is 1. The van der Waals surface area contributed by atoms with Gasteiger partial charge in [0.2, 0.25) is 11.8 Å². The Morgan fingerprint density at radius 3 is 2.79 bits per heavy atom. The van der Waals surface area contributed by atoms with E-state index in [0.717, 1.165) is 29.7 Å². The Morgan fingerprint density at radius 2 is 2.10 bits per heavy atom. The number of likely N-dealkylation sites (tertiary alicyclic amines) is 1. The van der Waals surface area contributed by atoms with E-state index in [4.69, 9.17) is 4.52 Å². The first-order valence-corrected chi connectivity index (χ1v) is 10.0. The largest absolute Gasteiger partial charge is 0.340 e. The number of rotatable bonds is 5. The molecule has 1 atom stereocenters. The van der Waals surface area contributed by atoms with Crippen LogP contribution in [0.2, 0.25) is 0 Å². The molecular weight excluding hydrogens is 370 g/mol. The second-order valence-electron chi connectivity index (χ2n) is 7.68. The van der Waals surface area contributed by atoms with Crippen molar-refractivity contribution in [3.05, 3.63) is 41.0 Å². The van der Waals surface area contributed by atoms with E-state index < -0.39 is 0 Å². The molecule has 29 heavy (non-hydrogen) atoms. The number of anilines is 1. The average Bonchev–Trinajstić information content (AvgIpc) is 3.10. The van der Waals surface area contributed by atoms with Gasteiger partial charge in [-0.05, 0) is 43.9 Å². The van der Waals surface area contributed by atoms with Crippen LogP contribution in [0.15, 0.2) is 22.7 Å². The van der Waals surface area contributed by atoms with E-state index in [1.807, 2.05) is 36.9 Å². The van der Waals surface area contributed by atoms with Crippen LogP contribution in [-0.4, -0.2) is 57.6 Å². The Kier molecular flexibility index (Phi) is 6.51. The quantitative estimate of drug-likeness (QED) is 0.834. The Balaban J connectivity index is 1.63. The summed E-state index contributed by atoms with van der Waals surface area (Å²) in [6.07, 6.45) is 2.26. The third-order valence-corrected chi connectivity index (χ3v) is 5.31. The molecule has 1 aromatic carbocycles. The first-order chi connectivity index (χ1) is 13.8. The predicted molar refractivity (Wildman–Crippen MR) is 110 cm³/mol. The Morgan fingerprint density at radius 1 is 1.31 bits per heavy atom. The van der Waals surface area contributed by atoms with Crippen molar-refractivity contribution in [1.29, 1.82) is 0 Å². The highest BCUT2D eigenvalue weighted by Gasteiger charge is 2.29. The molecule has 1 aliphatic heterocycles. The molecule has 1 saturated heterocycles. The van der Waals surface area contributed by atoms with Gasteiger partial charge in [0.05, 0.1) is 0 Å². The lowest BCUT2D eigenvalue weighted by Gasteiger charge is -2.39. The van der Waals surface area contributed by atoms with Gasteiger partial charge in [0.1, 0.15) is 0 Å². The van der Waals surface area contributed by atoms with Crippen LogP contribution in [0.25, 0.3) is 0 Å². The second-order valence-corrected chi connectivity index (χ2v) is 7.68. The third-order valence-electron chi connectivity index (χ3n) is 5.31. The third kappa shape index (κ3) is 5.34. The topological polar surface area (TPSA) is 91.6 Å². The zero-order valence-corrected chi connectivity index (χ0v) is 17.6. The van der Waals surface area contributed by atoms with Crippen molar-refractivity contribution in [1.82, 2.24) is 19.9 Å². The molecule has 1 unspecified atom stereocenters. The van der Waals surface area contributed by atoms with Crippen LogP contribution in [0.1, 0.15) is 42.6 Å². The second kappa shape index (κ2) is 9.07. The number of hydrogen-bond acceptors (Lipinski definition) is 5. The van der Waals surface area contributed by atoms with E-state index >= 15 is 0 Å². The molecule has 2 heterocycles. The van der Waals surface area contributed by atoms with E-state index in [9.17, 15) is 9.59 Å². The summed E-state index contributed by atoms with van der Waals surface area (Å²) in [5.41, 5.74) is 2.95. The van der Waals surface area contributed by atoms with Crippen molar-refractivity contribution in [2.75, 3.05) is 25.0 Å². The molecule has 1 fully saturated rings. The molecule has 0 saturated carbocycles. The highest BCUT2D eigenvalue weighted by atomic mass is 16.5. The van der Waals surface area contributed by atoms with Crippen molar-refractivity contribution in [2.24, 2.45) is 0 Å². The summed E-state index contributed by atoms with van der Waals surface area (Å²) in [6, 6.07) is 5.86. The van der Waals surface area contributed by atoms with Crippen molar-refractivity contribution in [3.8, 4) is 0 Å². The molecule has 3 amide bonds. The number of hydrogen-bond donors (Lipinski definition) is 1. The fourth-order valence-electron chi connectivity index (χ4n) is 3.72. The van der Waals surface area contributed by atoms with E-state index in [1.165, 1.54) is 0 Å². The van der Waals surface area contributed by atoms with Crippen LogP contribution >= 0.6 is 0 Å². The molecule has 0 spiro atoms. The minimum absolute atomic E-state index is 0.00740. The zero-order chi connectivity index (χ0) is 21.0. The van der Waals surface area contributed by atoms with Crippen molar-refractivity contribution >= 4 is 17.6 Å². The lowest BCUT2D eigenvalue weighted by Crippen LogP contribution is -2.52. The molecule has 2 aromatic rings. The van der Waals surface area contributed by atoms with Crippen molar-refractivity contribution < 1.29 is 14.1 Å². The molecule has 156 valence electrons. The van der Waals surface area contributed by atoms with Gasteiger partial charge < -0.3 is 19.6 Å². The molecule has 8 heteroatoms. The van der Waals surface area contributed by atoms with Crippen LogP contribution in [0, 0.1) is 20.8 Å². The average molecular weight is 399 g/mol. The maximum Gasteiger partial charge on any atom is 0.321 e. The number of amides is 3. The predicted octanol–water partition coefficient (Wildman–Crippen LogP) is 3.08. The standard InChI is InChI=1S/C21H29N5O3/c1-14-7-8-15(2)19(12-14)23-21(28)25-10-5-6-18(13-25)26(17(4)27)11-9-20-22-16(3)29-24-20/h7-8,12,18H,5-6,9-11,13H2,1-4H3,(H,23,28). The van der Waals surface area contributed by atoms with E-state index in [2.05, 4.69) is 15.5 Å². The fourth-order valence-corrected chi connectivity index (χ4v) is 3.72. The number of nitrogens with one attached hydrogen (secondary N) is 1. The molecule has 1 aliphatic rings. The number of nitrogens with zero attached hydrogens (tertiary/aromatic N) is 4. The van der Waals surface area contributed by atoms with Crippen LogP contribution in [-0.2, 0) is 11.2 Å². The van der Waals surface area contributed by atoms with Crippen LogP contribution in [0.4, 0.5) is 10.5 Å². The van der Waals surface area contributed by atoms with E-state index in [-0.39, 0.29) is 18.0 Å². The van der Waals surface area contributed by atoms with Gasteiger partial charge >= 0.3 is 6.03 Å². The smallest absolute Gasteiger partial charge is 0.321 e. The number of aryl methyl sites for hydroxylation is 3. The van der Waals surface area contributed by atoms with Crippen LogP contribution in [0.5, 0.6) is 0 Å². The van der Waals surface area contributed by atoms with Crippen LogP contribution in [0.3, 0.4) is 0 Å². The van der Waals surface area contributed by atoms with Gasteiger partial charge in [0.15, 0.2) is 5.82 Å². The lowest BCUT2D eigenvalue weighted by molar-refractivity contribution is -0.132.